The average molecular weight is 506 g/mol. The van der Waals surface area contributed by atoms with Crippen LogP contribution in [0.5, 0.6) is 5.75 Å². The third-order valence-electron chi connectivity index (χ3n) is 7.01. The summed E-state index contributed by atoms with van der Waals surface area (Å²) in [5.41, 5.74) is 6.03. The zero-order chi connectivity index (χ0) is 25.5. The minimum atomic E-state index is -0.287. The lowest BCUT2D eigenvalue weighted by Crippen LogP contribution is -2.34. The molecule has 5 aromatic heterocycles. The van der Waals surface area contributed by atoms with Crippen molar-refractivity contribution in [2.75, 3.05) is 13.1 Å². The molecule has 1 aliphatic rings. The Morgan fingerprint density at radius 1 is 0.842 bits per heavy atom. The van der Waals surface area contributed by atoms with Crippen molar-refractivity contribution in [3.05, 3.63) is 79.3 Å². The molecule has 0 spiro atoms. The first kappa shape index (κ1) is 22.6. The second-order valence-corrected chi connectivity index (χ2v) is 9.48. The minimum Gasteiger partial charge on any atom is -0.489 e. The molecule has 6 aromatic rings. The van der Waals surface area contributed by atoms with E-state index in [4.69, 9.17) is 4.74 Å². The molecule has 6 heterocycles. The third-order valence-corrected chi connectivity index (χ3v) is 7.01. The van der Waals surface area contributed by atoms with Crippen LogP contribution in [0.1, 0.15) is 12.8 Å². The zero-order valence-electron chi connectivity index (χ0n) is 20.4. The molecule has 188 valence electrons. The van der Waals surface area contributed by atoms with Crippen molar-refractivity contribution >= 4 is 21.8 Å². The quantitative estimate of drug-likeness (QED) is 0.286. The van der Waals surface area contributed by atoms with Gasteiger partial charge in [-0.15, -0.1) is 0 Å². The van der Waals surface area contributed by atoms with Crippen molar-refractivity contribution in [3.8, 4) is 39.5 Å². The predicted octanol–water partition coefficient (Wildman–Crippen LogP) is 5.50. The van der Waals surface area contributed by atoms with E-state index in [-0.39, 0.29) is 11.9 Å². The van der Waals surface area contributed by atoms with Crippen molar-refractivity contribution in [1.82, 2.24) is 35.5 Å². The Bertz CT molecular complexity index is 1770. The van der Waals surface area contributed by atoms with Gasteiger partial charge < -0.3 is 15.0 Å². The van der Waals surface area contributed by atoms with Gasteiger partial charge in [0.15, 0.2) is 0 Å². The number of piperidine rings is 1. The number of fused-ring (bicyclic) bond motifs is 2. The Morgan fingerprint density at radius 3 is 2.61 bits per heavy atom. The highest BCUT2D eigenvalue weighted by Gasteiger charge is 2.18. The lowest BCUT2D eigenvalue weighted by atomic mass is 10.0. The van der Waals surface area contributed by atoms with Crippen LogP contribution in [0.4, 0.5) is 4.39 Å². The van der Waals surface area contributed by atoms with Gasteiger partial charge >= 0.3 is 0 Å². The standard InChI is InChI=1S/C29H24FN7O/c30-24-4-2-1-3-20(24)23-14-33-15-27-21(23)10-26(35-27)29-22-11-25(34-16-28(22)36-37-29)17-9-19(13-32-12-17)38-18-5-7-31-8-6-18/h1-4,9-16,18,31,35H,5-8H2,(H,36,37). The summed E-state index contributed by atoms with van der Waals surface area (Å²) in [6.45, 7) is 1.93. The predicted molar refractivity (Wildman–Crippen MR) is 144 cm³/mol. The molecule has 1 aromatic carbocycles. The van der Waals surface area contributed by atoms with E-state index in [2.05, 4.69) is 35.5 Å². The van der Waals surface area contributed by atoms with E-state index >= 15 is 0 Å². The Hall–Kier alpha value is -4.63. The summed E-state index contributed by atoms with van der Waals surface area (Å²) in [6.07, 6.45) is 10.9. The van der Waals surface area contributed by atoms with Gasteiger partial charge in [0.25, 0.3) is 0 Å². The summed E-state index contributed by atoms with van der Waals surface area (Å²) >= 11 is 0. The highest BCUT2D eigenvalue weighted by atomic mass is 19.1. The molecule has 1 saturated heterocycles. The summed E-state index contributed by atoms with van der Waals surface area (Å²) in [5.74, 6) is 0.456. The topological polar surface area (TPSA) is 104 Å². The molecular formula is C29H24FN7O. The Kier molecular flexibility index (Phi) is 5.55. The molecule has 38 heavy (non-hydrogen) atoms. The number of aromatic amines is 2. The number of hydrogen-bond donors (Lipinski definition) is 3. The van der Waals surface area contributed by atoms with E-state index in [1.165, 1.54) is 6.07 Å². The van der Waals surface area contributed by atoms with E-state index in [0.29, 0.717) is 5.56 Å². The molecule has 7 rings (SSSR count). The van der Waals surface area contributed by atoms with Crippen molar-refractivity contribution in [2.45, 2.75) is 18.9 Å². The number of hydrogen-bond acceptors (Lipinski definition) is 6. The van der Waals surface area contributed by atoms with E-state index in [1.807, 2.05) is 24.3 Å². The van der Waals surface area contributed by atoms with Crippen LogP contribution in [-0.2, 0) is 0 Å². The SMILES string of the molecule is Fc1ccccc1-c1cncc2[nH]c(-c3n[nH]c4cnc(-c5cncc(OC6CCNCC6)c5)cc34)cc12. The second-order valence-electron chi connectivity index (χ2n) is 9.48. The fourth-order valence-corrected chi connectivity index (χ4v) is 5.08. The first-order chi connectivity index (χ1) is 18.7. The maximum atomic E-state index is 14.6. The number of H-pyrrole nitrogens is 2. The lowest BCUT2D eigenvalue weighted by molar-refractivity contribution is 0.162. The van der Waals surface area contributed by atoms with Crippen molar-refractivity contribution in [1.29, 1.82) is 0 Å². The summed E-state index contributed by atoms with van der Waals surface area (Å²) in [5, 5.41) is 12.8. The number of benzene rings is 1. The van der Waals surface area contributed by atoms with Crippen LogP contribution < -0.4 is 10.1 Å². The van der Waals surface area contributed by atoms with Crippen LogP contribution in [0, 0.1) is 5.82 Å². The first-order valence-electron chi connectivity index (χ1n) is 12.6. The molecule has 9 heteroatoms. The van der Waals surface area contributed by atoms with E-state index in [1.54, 1.807) is 43.1 Å². The summed E-state index contributed by atoms with van der Waals surface area (Å²) in [7, 11) is 0. The van der Waals surface area contributed by atoms with Crippen LogP contribution in [0.15, 0.2) is 73.4 Å². The van der Waals surface area contributed by atoms with Crippen molar-refractivity contribution < 1.29 is 9.13 Å². The molecular weight excluding hydrogens is 481 g/mol. The largest absolute Gasteiger partial charge is 0.489 e. The molecule has 0 radical (unpaired) electrons. The number of nitrogens with one attached hydrogen (secondary N) is 3. The van der Waals surface area contributed by atoms with Gasteiger partial charge in [-0.1, -0.05) is 18.2 Å². The monoisotopic (exact) mass is 505 g/mol. The summed E-state index contributed by atoms with van der Waals surface area (Å²) < 4.78 is 20.8. The van der Waals surface area contributed by atoms with Crippen LogP contribution in [0.3, 0.4) is 0 Å². The molecule has 0 amide bonds. The van der Waals surface area contributed by atoms with Gasteiger partial charge in [0.2, 0.25) is 0 Å². The van der Waals surface area contributed by atoms with Crippen LogP contribution >= 0.6 is 0 Å². The summed E-state index contributed by atoms with van der Waals surface area (Å²) in [4.78, 5) is 16.8. The second kappa shape index (κ2) is 9.35. The normalized spacial score (nSPS) is 14.3. The number of rotatable bonds is 5. The van der Waals surface area contributed by atoms with Crippen LogP contribution in [0.25, 0.3) is 55.6 Å². The number of halogens is 1. The van der Waals surface area contributed by atoms with Crippen molar-refractivity contribution in [3.63, 3.8) is 0 Å². The molecule has 8 nitrogen and oxygen atoms in total. The number of nitrogens with zero attached hydrogens (tertiary/aromatic N) is 4. The van der Waals surface area contributed by atoms with Gasteiger partial charge in [-0.2, -0.15) is 5.10 Å². The van der Waals surface area contributed by atoms with Crippen LogP contribution in [0.2, 0.25) is 0 Å². The fourth-order valence-electron chi connectivity index (χ4n) is 5.08. The van der Waals surface area contributed by atoms with Gasteiger partial charge in [0, 0.05) is 39.9 Å². The minimum absolute atomic E-state index is 0.190. The highest BCUT2D eigenvalue weighted by molar-refractivity contribution is 6.01. The Labute approximate surface area is 217 Å². The number of pyridine rings is 3. The molecule has 0 atom stereocenters. The van der Waals surface area contributed by atoms with E-state index < -0.39 is 0 Å². The van der Waals surface area contributed by atoms with Gasteiger partial charge in [-0.05, 0) is 50.2 Å². The van der Waals surface area contributed by atoms with E-state index in [9.17, 15) is 4.39 Å². The first-order valence-corrected chi connectivity index (χ1v) is 12.6. The van der Waals surface area contributed by atoms with Crippen LogP contribution in [-0.4, -0.2) is 49.3 Å². The smallest absolute Gasteiger partial charge is 0.138 e. The lowest BCUT2D eigenvalue weighted by Gasteiger charge is -2.23. The average Bonchev–Trinajstić information content (AvgIpc) is 3.58. The zero-order valence-corrected chi connectivity index (χ0v) is 20.4. The maximum Gasteiger partial charge on any atom is 0.138 e. The molecule has 1 fully saturated rings. The molecule has 0 unspecified atom stereocenters. The third kappa shape index (κ3) is 4.06. The summed E-state index contributed by atoms with van der Waals surface area (Å²) in [6, 6.07) is 12.7. The van der Waals surface area contributed by atoms with Gasteiger partial charge in [0.1, 0.15) is 23.4 Å². The molecule has 0 bridgehead atoms. The molecule has 1 aliphatic heterocycles. The van der Waals surface area contributed by atoms with E-state index in [0.717, 1.165) is 81.7 Å². The number of ether oxygens (including phenoxy) is 1. The molecule has 3 N–H and O–H groups in total. The molecule has 0 aliphatic carbocycles. The highest BCUT2D eigenvalue weighted by Crippen LogP contribution is 2.35. The molecule has 0 saturated carbocycles. The van der Waals surface area contributed by atoms with Gasteiger partial charge in [0.05, 0.1) is 41.0 Å². The van der Waals surface area contributed by atoms with Crippen molar-refractivity contribution in [2.24, 2.45) is 0 Å². The van der Waals surface area contributed by atoms with Gasteiger partial charge in [-0.25, -0.2) is 4.39 Å². The maximum absolute atomic E-state index is 14.6. The Morgan fingerprint density at radius 2 is 1.71 bits per heavy atom. The fraction of sp³-hybridized carbons (Fsp3) is 0.172. The van der Waals surface area contributed by atoms with Gasteiger partial charge in [-0.3, -0.25) is 20.1 Å². The Balaban J connectivity index is 1.26. The number of aromatic nitrogens is 6.